The van der Waals surface area contributed by atoms with Gasteiger partial charge in [0.25, 0.3) is 11.8 Å². The number of rotatable bonds is 9. The molecule has 0 aliphatic carbocycles. The van der Waals surface area contributed by atoms with E-state index < -0.39 is 0 Å². The first kappa shape index (κ1) is 23.1. The van der Waals surface area contributed by atoms with Gasteiger partial charge in [-0.3, -0.25) is 9.59 Å². The Balaban J connectivity index is 1.29. The van der Waals surface area contributed by atoms with Crippen LogP contribution in [0.3, 0.4) is 0 Å². The van der Waals surface area contributed by atoms with Gasteiger partial charge in [0, 0.05) is 22.3 Å². The molecule has 4 aromatic carbocycles. The molecule has 0 radical (unpaired) electrons. The number of amides is 2. The van der Waals surface area contributed by atoms with E-state index in [0.29, 0.717) is 11.3 Å². The van der Waals surface area contributed by atoms with Crippen molar-refractivity contribution >= 4 is 34.0 Å². The van der Waals surface area contributed by atoms with Gasteiger partial charge in [-0.2, -0.15) is 0 Å². The van der Waals surface area contributed by atoms with Gasteiger partial charge < -0.3 is 15.4 Å². The highest BCUT2D eigenvalue weighted by molar-refractivity contribution is 6.04. The largest absolute Gasteiger partial charge is 0.484 e. The smallest absolute Gasteiger partial charge is 0.262 e. The highest BCUT2D eigenvalue weighted by atomic mass is 16.5. The van der Waals surface area contributed by atoms with E-state index in [-0.39, 0.29) is 18.4 Å². The number of nitrogens with one attached hydrogen (secondary N) is 2. The molecule has 0 heterocycles. The summed E-state index contributed by atoms with van der Waals surface area (Å²) in [6.45, 7) is 2.05. The Morgan fingerprint density at radius 2 is 1.53 bits per heavy atom. The van der Waals surface area contributed by atoms with Crippen LogP contribution >= 0.6 is 0 Å². The molecule has 2 amide bonds. The van der Waals surface area contributed by atoms with Gasteiger partial charge in [0.1, 0.15) is 5.75 Å². The molecule has 0 aliphatic rings. The number of ether oxygens (including phenoxy) is 1. The highest BCUT2D eigenvalue weighted by Crippen LogP contribution is 2.23. The first-order valence-electron chi connectivity index (χ1n) is 11.5. The molecule has 34 heavy (non-hydrogen) atoms. The lowest BCUT2D eigenvalue weighted by Gasteiger charge is -2.10. The summed E-state index contributed by atoms with van der Waals surface area (Å²) in [4.78, 5) is 24.9. The van der Waals surface area contributed by atoms with E-state index in [1.807, 2.05) is 66.7 Å². The number of benzene rings is 4. The summed E-state index contributed by atoms with van der Waals surface area (Å²) < 4.78 is 5.61. The normalized spacial score (nSPS) is 10.6. The molecule has 4 aromatic rings. The third kappa shape index (κ3) is 6.01. The summed E-state index contributed by atoms with van der Waals surface area (Å²) in [6, 6.07) is 28.3. The molecule has 4 rings (SSSR count). The first-order valence-corrected chi connectivity index (χ1v) is 11.5. The van der Waals surface area contributed by atoms with Gasteiger partial charge in [-0.1, -0.05) is 61.9 Å². The minimum absolute atomic E-state index is 0.126. The SMILES string of the molecule is CCCCc1ccc(NC(=O)c2ccc(OCC(=O)Nc3cccc4ccccc34)cc2)cc1. The van der Waals surface area contributed by atoms with Crippen LogP contribution in [-0.4, -0.2) is 18.4 Å². The van der Waals surface area contributed by atoms with Gasteiger partial charge in [-0.05, 0) is 66.3 Å². The first-order chi connectivity index (χ1) is 16.6. The van der Waals surface area contributed by atoms with E-state index in [0.717, 1.165) is 41.4 Å². The summed E-state index contributed by atoms with van der Waals surface area (Å²) in [5.41, 5.74) is 3.29. The molecule has 0 saturated carbocycles. The molecule has 0 aromatic heterocycles. The zero-order valence-corrected chi connectivity index (χ0v) is 19.2. The van der Waals surface area contributed by atoms with Crippen LogP contribution < -0.4 is 15.4 Å². The van der Waals surface area contributed by atoms with Crippen molar-refractivity contribution in [3.05, 3.63) is 102 Å². The van der Waals surface area contributed by atoms with E-state index in [4.69, 9.17) is 4.74 Å². The highest BCUT2D eigenvalue weighted by Gasteiger charge is 2.09. The van der Waals surface area contributed by atoms with Crippen LogP contribution in [0, 0.1) is 0 Å². The Morgan fingerprint density at radius 3 is 2.29 bits per heavy atom. The van der Waals surface area contributed by atoms with Gasteiger partial charge in [0.15, 0.2) is 6.61 Å². The Kier molecular flexibility index (Phi) is 7.56. The number of carbonyl (C=O) groups excluding carboxylic acids is 2. The molecule has 0 spiro atoms. The maximum atomic E-state index is 12.5. The zero-order chi connectivity index (χ0) is 23.8. The Labute approximate surface area is 199 Å². The lowest BCUT2D eigenvalue weighted by molar-refractivity contribution is -0.118. The number of aryl methyl sites for hydroxylation is 1. The lowest BCUT2D eigenvalue weighted by atomic mass is 10.1. The summed E-state index contributed by atoms with van der Waals surface area (Å²) in [6.07, 6.45) is 3.37. The Bertz CT molecular complexity index is 1260. The van der Waals surface area contributed by atoms with E-state index in [2.05, 4.69) is 17.6 Å². The monoisotopic (exact) mass is 452 g/mol. The van der Waals surface area contributed by atoms with Crippen LogP contribution in [0.2, 0.25) is 0 Å². The van der Waals surface area contributed by atoms with Crippen LogP contribution in [-0.2, 0) is 11.2 Å². The topological polar surface area (TPSA) is 67.4 Å². The lowest BCUT2D eigenvalue weighted by Crippen LogP contribution is -2.20. The van der Waals surface area contributed by atoms with Crippen molar-refractivity contribution in [2.45, 2.75) is 26.2 Å². The van der Waals surface area contributed by atoms with Crippen molar-refractivity contribution in [3.63, 3.8) is 0 Å². The number of fused-ring (bicyclic) bond motifs is 1. The molecule has 172 valence electrons. The predicted molar refractivity (Wildman–Crippen MR) is 138 cm³/mol. The molecule has 0 saturated heterocycles. The maximum absolute atomic E-state index is 12.5. The van der Waals surface area contributed by atoms with Crippen molar-refractivity contribution in [1.29, 1.82) is 0 Å². The fraction of sp³-hybridized carbons (Fsp3) is 0.172. The van der Waals surface area contributed by atoms with Gasteiger partial charge in [0.05, 0.1) is 0 Å². The van der Waals surface area contributed by atoms with Crippen LogP contribution in [0.15, 0.2) is 91.0 Å². The minimum atomic E-state index is -0.249. The quantitative estimate of drug-likeness (QED) is 0.307. The van der Waals surface area contributed by atoms with Gasteiger partial charge >= 0.3 is 0 Å². The average Bonchev–Trinajstić information content (AvgIpc) is 2.87. The Morgan fingerprint density at radius 1 is 0.794 bits per heavy atom. The second-order valence-corrected chi connectivity index (χ2v) is 8.14. The van der Waals surface area contributed by atoms with E-state index in [1.165, 1.54) is 5.56 Å². The van der Waals surface area contributed by atoms with Gasteiger partial charge in [-0.25, -0.2) is 0 Å². The van der Waals surface area contributed by atoms with Crippen LogP contribution in [0.5, 0.6) is 5.75 Å². The van der Waals surface area contributed by atoms with Crippen molar-refractivity contribution in [3.8, 4) is 5.75 Å². The minimum Gasteiger partial charge on any atom is -0.484 e. The zero-order valence-electron chi connectivity index (χ0n) is 19.2. The summed E-state index contributed by atoms with van der Waals surface area (Å²) in [5.74, 6) is 0.0759. The molecule has 5 heteroatoms. The number of anilines is 2. The van der Waals surface area contributed by atoms with E-state index in [1.54, 1.807) is 24.3 Å². The molecule has 0 aliphatic heterocycles. The average molecular weight is 453 g/mol. The molecule has 0 fully saturated rings. The number of hydrogen-bond acceptors (Lipinski definition) is 3. The molecule has 2 N–H and O–H groups in total. The number of hydrogen-bond donors (Lipinski definition) is 2. The summed E-state index contributed by atoms with van der Waals surface area (Å²) in [5, 5.41) is 7.84. The number of unbranched alkanes of at least 4 members (excludes halogenated alkanes) is 1. The van der Waals surface area contributed by atoms with Crippen molar-refractivity contribution in [1.82, 2.24) is 0 Å². The fourth-order valence-electron chi connectivity index (χ4n) is 3.71. The van der Waals surface area contributed by atoms with Gasteiger partial charge in [-0.15, -0.1) is 0 Å². The van der Waals surface area contributed by atoms with Crippen molar-refractivity contribution in [2.24, 2.45) is 0 Å². The van der Waals surface area contributed by atoms with E-state index in [9.17, 15) is 9.59 Å². The molecular formula is C29H28N2O3. The van der Waals surface area contributed by atoms with Crippen LogP contribution in [0.25, 0.3) is 10.8 Å². The maximum Gasteiger partial charge on any atom is 0.262 e. The molecule has 0 atom stereocenters. The Hall–Kier alpha value is -4.12. The molecule has 5 nitrogen and oxygen atoms in total. The molecular weight excluding hydrogens is 424 g/mol. The third-order valence-corrected chi connectivity index (χ3v) is 5.58. The van der Waals surface area contributed by atoms with E-state index >= 15 is 0 Å². The van der Waals surface area contributed by atoms with Crippen LogP contribution in [0.1, 0.15) is 35.7 Å². The van der Waals surface area contributed by atoms with Crippen LogP contribution in [0.4, 0.5) is 11.4 Å². The second-order valence-electron chi connectivity index (χ2n) is 8.14. The second kappa shape index (κ2) is 11.1. The molecule has 0 bridgehead atoms. The summed E-state index contributed by atoms with van der Waals surface area (Å²) >= 11 is 0. The fourth-order valence-corrected chi connectivity index (χ4v) is 3.71. The summed E-state index contributed by atoms with van der Waals surface area (Å²) in [7, 11) is 0. The number of carbonyl (C=O) groups is 2. The molecule has 0 unspecified atom stereocenters. The van der Waals surface area contributed by atoms with Crippen molar-refractivity contribution < 1.29 is 14.3 Å². The third-order valence-electron chi connectivity index (χ3n) is 5.58. The van der Waals surface area contributed by atoms with Crippen molar-refractivity contribution in [2.75, 3.05) is 17.2 Å². The van der Waals surface area contributed by atoms with Gasteiger partial charge in [0.2, 0.25) is 0 Å². The predicted octanol–water partition coefficient (Wildman–Crippen LogP) is 6.45. The standard InChI is InChI=1S/C29H28N2O3/c1-2-3-7-21-12-16-24(17-13-21)30-29(33)23-14-18-25(19-15-23)34-20-28(32)31-27-11-6-9-22-8-4-5-10-26(22)27/h4-6,8-19H,2-3,7,20H2,1H3,(H,30,33)(H,31,32).